The van der Waals surface area contributed by atoms with Gasteiger partial charge in [-0.15, -0.1) is 0 Å². The van der Waals surface area contributed by atoms with Crippen molar-refractivity contribution in [2.45, 2.75) is 38.7 Å². The van der Waals surface area contributed by atoms with E-state index in [-0.39, 0.29) is 32.5 Å². The summed E-state index contributed by atoms with van der Waals surface area (Å²) in [5, 5.41) is 17.1. The first-order valence-electron chi connectivity index (χ1n) is 5.56. The maximum atomic E-state index is 11.7. The van der Waals surface area contributed by atoms with Crippen LogP contribution in [0, 0.1) is 0 Å². The number of carbonyl (C=O) groups excluding carboxylic acids is 1. The number of hydrogen-bond donors (Lipinski definition) is 2. The highest BCUT2D eigenvalue weighted by Gasteiger charge is 2.36. The van der Waals surface area contributed by atoms with E-state index < -0.39 is 23.5 Å². The molecule has 1 atom stereocenters. The minimum atomic E-state index is -1.43. The molecule has 0 saturated heterocycles. The van der Waals surface area contributed by atoms with Crippen molar-refractivity contribution in [2.75, 3.05) is 13.2 Å². The van der Waals surface area contributed by atoms with Crippen LogP contribution in [0.3, 0.4) is 0 Å². The number of rotatable bonds is 9. The molecule has 0 aliphatic rings. The summed E-state index contributed by atoms with van der Waals surface area (Å²) in [4.78, 5) is 32.5. The summed E-state index contributed by atoms with van der Waals surface area (Å²) in [7, 11) is 0. The van der Waals surface area contributed by atoms with E-state index in [2.05, 4.69) is 0 Å². The van der Waals surface area contributed by atoms with Gasteiger partial charge in [-0.1, -0.05) is 0 Å². The third kappa shape index (κ3) is 6.19. The normalized spacial score (nSPS) is 13.7. The Morgan fingerprint density at radius 1 is 1.11 bits per heavy atom. The van der Waals surface area contributed by atoms with Gasteiger partial charge in [-0.3, -0.25) is 9.59 Å². The van der Waals surface area contributed by atoms with Gasteiger partial charge in [-0.25, -0.2) is 4.79 Å². The van der Waals surface area contributed by atoms with Crippen molar-refractivity contribution in [1.82, 2.24) is 0 Å². The van der Waals surface area contributed by atoms with Crippen molar-refractivity contribution < 1.29 is 34.1 Å². The van der Waals surface area contributed by atoms with Crippen LogP contribution < -0.4 is 0 Å². The molecule has 18 heavy (non-hydrogen) atoms. The molecule has 0 radical (unpaired) electrons. The fraction of sp³-hybridized carbons (Fsp3) is 0.727. The summed E-state index contributed by atoms with van der Waals surface area (Å²) >= 11 is 0. The third-order valence-electron chi connectivity index (χ3n) is 2.26. The molecule has 7 heteroatoms. The van der Waals surface area contributed by atoms with Gasteiger partial charge in [0.05, 0.1) is 19.6 Å². The number of hydrogen-bond acceptors (Lipinski definition) is 5. The first-order valence-corrected chi connectivity index (χ1v) is 5.56. The van der Waals surface area contributed by atoms with Crippen LogP contribution >= 0.6 is 0 Å². The Hall–Kier alpha value is -1.63. The molecule has 0 heterocycles. The number of carboxylic acid groups (broad SMARTS) is 2. The molecule has 0 amide bonds. The average molecular weight is 262 g/mol. The van der Waals surface area contributed by atoms with Crippen molar-refractivity contribution in [3.05, 3.63) is 0 Å². The van der Waals surface area contributed by atoms with Gasteiger partial charge in [0.2, 0.25) is 0 Å². The minimum absolute atomic E-state index is 0.0687. The molecule has 0 aliphatic carbocycles. The lowest BCUT2D eigenvalue weighted by Gasteiger charge is -2.26. The minimum Gasteiger partial charge on any atom is -0.481 e. The van der Waals surface area contributed by atoms with Crippen LogP contribution in [0.2, 0.25) is 0 Å². The van der Waals surface area contributed by atoms with E-state index in [9.17, 15) is 14.4 Å². The second kappa shape index (κ2) is 7.65. The van der Waals surface area contributed by atoms with Crippen LogP contribution in [0.4, 0.5) is 0 Å². The lowest BCUT2D eigenvalue weighted by Crippen LogP contribution is -2.41. The Kier molecular flexibility index (Phi) is 6.96. The third-order valence-corrected chi connectivity index (χ3v) is 2.26. The van der Waals surface area contributed by atoms with E-state index in [4.69, 9.17) is 19.7 Å². The SMILES string of the molecule is CCOC(=O)C(C)(CCC(=O)O)OCCC(=O)O. The molecule has 104 valence electrons. The molecule has 7 nitrogen and oxygen atoms in total. The number of esters is 1. The molecule has 0 aromatic heterocycles. The zero-order valence-electron chi connectivity index (χ0n) is 10.5. The Bertz CT molecular complexity index is 313. The molecule has 0 bridgehead atoms. The van der Waals surface area contributed by atoms with Crippen molar-refractivity contribution in [3.63, 3.8) is 0 Å². The highest BCUT2D eigenvalue weighted by Crippen LogP contribution is 2.20. The zero-order chi connectivity index (χ0) is 14.2. The van der Waals surface area contributed by atoms with E-state index in [1.165, 1.54) is 6.92 Å². The predicted molar refractivity (Wildman–Crippen MR) is 60.1 cm³/mol. The zero-order valence-corrected chi connectivity index (χ0v) is 10.5. The fourth-order valence-electron chi connectivity index (χ4n) is 1.23. The summed E-state index contributed by atoms with van der Waals surface area (Å²) in [5.74, 6) is -2.80. The average Bonchev–Trinajstić information content (AvgIpc) is 2.26. The molecule has 0 aromatic carbocycles. The van der Waals surface area contributed by atoms with Crippen LogP contribution in [0.15, 0.2) is 0 Å². The molecule has 2 N–H and O–H groups in total. The van der Waals surface area contributed by atoms with Crippen LogP contribution in [0.1, 0.15) is 33.1 Å². The van der Waals surface area contributed by atoms with Crippen molar-refractivity contribution in [2.24, 2.45) is 0 Å². The Labute approximate surface area is 105 Å². The molecule has 0 rings (SSSR count). The summed E-state index contributed by atoms with van der Waals surface area (Å²) in [6.07, 6.45) is -0.592. The Balaban J connectivity index is 4.52. The van der Waals surface area contributed by atoms with Crippen LogP contribution in [-0.4, -0.2) is 46.9 Å². The quantitative estimate of drug-likeness (QED) is 0.587. The molecule has 0 aliphatic heterocycles. The summed E-state index contributed by atoms with van der Waals surface area (Å²) in [6, 6.07) is 0. The predicted octanol–water partition coefficient (Wildman–Crippen LogP) is 0.664. The summed E-state index contributed by atoms with van der Waals surface area (Å²) < 4.78 is 9.98. The van der Waals surface area contributed by atoms with Gasteiger partial charge in [0, 0.05) is 6.42 Å². The van der Waals surface area contributed by atoms with E-state index >= 15 is 0 Å². The number of carboxylic acids is 2. The standard InChI is InChI=1S/C11H18O7/c1-3-17-10(16)11(2,6-4-8(12)13)18-7-5-9(14)15/h3-7H2,1-2H3,(H,12,13)(H,14,15). The van der Waals surface area contributed by atoms with Crippen LogP contribution in [-0.2, 0) is 23.9 Å². The van der Waals surface area contributed by atoms with Gasteiger partial charge in [0.1, 0.15) is 0 Å². The van der Waals surface area contributed by atoms with Crippen molar-refractivity contribution in [1.29, 1.82) is 0 Å². The molecule has 0 aromatic rings. The number of ether oxygens (including phenoxy) is 2. The van der Waals surface area contributed by atoms with Gasteiger partial charge in [0.15, 0.2) is 5.60 Å². The van der Waals surface area contributed by atoms with Crippen molar-refractivity contribution >= 4 is 17.9 Å². The number of carbonyl (C=O) groups is 3. The first-order chi connectivity index (χ1) is 8.31. The molecule has 0 fully saturated rings. The molecular weight excluding hydrogens is 244 g/mol. The maximum Gasteiger partial charge on any atom is 0.338 e. The van der Waals surface area contributed by atoms with Gasteiger partial charge in [-0.05, 0) is 20.3 Å². The Morgan fingerprint density at radius 3 is 2.11 bits per heavy atom. The maximum absolute atomic E-state index is 11.7. The first kappa shape index (κ1) is 16.4. The lowest BCUT2D eigenvalue weighted by molar-refractivity contribution is -0.173. The van der Waals surface area contributed by atoms with E-state index in [1.54, 1.807) is 6.92 Å². The fourth-order valence-corrected chi connectivity index (χ4v) is 1.23. The monoisotopic (exact) mass is 262 g/mol. The van der Waals surface area contributed by atoms with Crippen LogP contribution in [0.5, 0.6) is 0 Å². The summed E-state index contributed by atoms with van der Waals surface area (Å²) in [5.41, 5.74) is -1.43. The number of aliphatic carboxylic acids is 2. The van der Waals surface area contributed by atoms with E-state index in [0.29, 0.717) is 0 Å². The lowest BCUT2D eigenvalue weighted by atomic mass is 10.00. The molecular formula is C11H18O7. The highest BCUT2D eigenvalue weighted by molar-refractivity contribution is 5.80. The summed E-state index contributed by atoms with van der Waals surface area (Å²) in [6.45, 7) is 2.98. The molecule has 1 unspecified atom stereocenters. The van der Waals surface area contributed by atoms with Gasteiger partial charge >= 0.3 is 17.9 Å². The smallest absolute Gasteiger partial charge is 0.338 e. The van der Waals surface area contributed by atoms with Gasteiger partial charge < -0.3 is 19.7 Å². The van der Waals surface area contributed by atoms with E-state index in [0.717, 1.165) is 0 Å². The van der Waals surface area contributed by atoms with Gasteiger partial charge in [0.25, 0.3) is 0 Å². The Morgan fingerprint density at radius 2 is 1.67 bits per heavy atom. The highest BCUT2D eigenvalue weighted by atomic mass is 16.6. The van der Waals surface area contributed by atoms with Crippen molar-refractivity contribution in [3.8, 4) is 0 Å². The second-order valence-electron chi connectivity index (χ2n) is 3.84. The molecule has 0 saturated carbocycles. The van der Waals surface area contributed by atoms with E-state index in [1.807, 2.05) is 0 Å². The topological polar surface area (TPSA) is 110 Å². The second-order valence-corrected chi connectivity index (χ2v) is 3.84. The van der Waals surface area contributed by atoms with Crippen LogP contribution in [0.25, 0.3) is 0 Å². The van der Waals surface area contributed by atoms with Gasteiger partial charge in [-0.2, -0.15) is 0 Å². The molecule has 0 spiro atoms. The largest absolute Gasteiger partial charge is 0.481 e.